The second kappa shape index (κ2) is 8.85. The summed E-state index contributed by atoms with van der Waals surface area (Å²) in [6, 6.07) is 17.6. The Morgan fingerprint density at radius 2 is 1.78 bits per heavy atom. The van der Waals surface area contributed by atoms with Crippen LogP contribution in [-0.2, 0) is 18.1 Å². The van der Waals surface area contributed by atoms with E-state index < -0.39 is 0 Å². The molecule has 5 heteroatoms. The summed E-state index contributed by atoms with van der Waals surface area (Å²) in [6.07, 6.45) is 3.51. The highest BCUT2D eigenvalue weighted by atomic mass is 16.6. The second-order valence-corrected chi connectivity index (χ2v) is 6.42. The summed E-state index contributed by atoms with van der Waals surface area (Å²) >= 11 is 0. The molecular weight excluding hydrogens is 338 g/mol. The number of nitrogens with two attached hydrogens (primary N) is 1. The van der Waals surface area contributed by atoms with Crippen LogP contribution >= 0.6 is 0 Å². The van der Waals surface area contributed by atoms with Gasteiger partial charge in [-0.15, -0.1) is 0 Å². The maximum atomic E-state index is 6.05. The molecule has 0 aliphatic carbocycles. The molecule has 0 radical (unpaired) electrons. The number of oxime groups is 1. The first-order valence-electron chi connectivity index (χ1n) is 8.75. The number of hydrogen-bond donors (Lipinski definition) is 1. The molecule has 0 spiro atoms. The third kappa shape index (κ3) is 5.57. The smallest absolute Gasteiger partial charge is 0.170 e. The molecule has 0 fully saturated rings. The number of ether oxygens (including phenoxy) is 1. The molecule has 0 aliphatic rings. The maximum Gasteiger partial charge on any atom is 0.170 e. The lowest BCUT2D eigenvalue weighted by Crippen LogP contribution is -2.14. The van der Waals surface area contributed by atoms with Crippen molar-refractivity contribution in [3.8, 4) is 5.75 Å². The minimum Gasteiger partial charge on any atom is -0.489 e. The highest BCUT2D eigenvalue weighted by Gasteiger charge is 2.03. The molecule has 138 valence electrons. The van der Waals surface area contributed by atoms with Crippen LogP contribution < -0.4 is 10.5 Å². The predicted molar refractivity (Wildman–Crippen MR) is 106 cm³/mol. The van der Waals surface area contributed by atoms with Crippen LogP contribution in [0.3, 0.4) is 0 Å². The summed E-state index contributed by atoms with van der Waals surface area (Å²) in [5, 5.41) is 4.04. The summed E-state index contributed by atoms with van der Waals surface area (Å²) in [5.74, 6) is 1.02. The van der Waals surface area contributed by atoms with E-state index in [1.54, 1.807) is 12.4 Å². The number of aryl methyl sites for hydroxylation is 2. The number of rotatable bonds is 7. The SMILES string of the molecule is Cc1cc(C)cc(CO/N=C(/N)c2cccc(OCc3cccnc3)c2)c1. The molecule has 5 nitrogen and oxygen atoms in total. The molecule has 0 saturated carbocycles. The van der Waals surface area contributed by atoms with Gasteiger partial charge in [-0.3, -0.25) is 4.98 Å². The van der Waals surface area contributed by atoms with Gasteiger partial charge in [0.05, 0.1) is 0 Å². The first kappa shape index (κ1) is 18.5. The monoisotopic (exact) mass is 361 g/mol. The van der Waals surface area contributed by atoms with Crippen LogP contribution in [-0.4, -0.2) is 10.8 Å². The lowest BCUT2D eigenvalue weighted by Gasteiger charge is -2.08. The fourth-order valence-electron chi connectivity index (χ4n) is 2.78. The van der Waals surface area contributed by atoms with Crippen LogP contribution in [0.15, 0.2) is 72.1 Å². The van der Waals surface area contributed by atoms with Gasteiger partial charge in [0.2, 0.25) is 0 Å². The molecule has 0 unspecified atom stereocenters. The summed E-state index contributed by atoms with van der Waals surface area (Å²) in [4.78, 5) is 9.51. The number of aromatic nitrogens is 1. The van der Waals surface area contributed by atoms with E-state index in [9.17, 15) is 0 Å². The topological polar surface area (TPSA) is 69.7 Å². The number of nitrogens with zero attached hydrogens (tertiary/aromatic N) is 2. The summed E-state index contributed by atoms with van der Waals surface area (Å²) in [5.41, 5.74) is 11.3. The molecule has 3 rings (SSSR count). The third-order valence-corrected chi connectivity index (χ3v) is 3.93. The lowest BCUT2D eigenvalue weighted by atomic mass is 10.1. The quantitative estimate of drug-likeness (QED) is 0.390. The Morgan fingerprint density at radius 1 is 0.963 bits per heavy atom. The van der Waals surface area contributed by atoms with Gasteiger partial charge in [-0.2, -0.15) is 0 Å². The normalized spacial score (nSPS) is 11.3. The van der Waals surface area contributed by atoms with Crippen molar-refractivity contribution >= 4 is 5.84 Å². The van der Waals surface area contributed by atoms with Crippen LogP contribution in [0.5, 0.6) is 5.75 Å². The molecular formula is C22H23N3O2. The van der Waals surface area contributed by atoms with E-state index in [1.165, 1.54) is 11.1 Å². The summed E-state index contributed by atoms with van der Waals surface area (Å²) in [6.45, 7) is 4.94. The number of pyridine rings is 1. The van der Waals surface area contributed by atoms with Crippen molar-refractivity contribution in [1.29, 1.82) is 0 Å². The summed E-state index contributed by atoms with van der Waals surface area (Å²) < 4.78 is 5.79. The number of amidine groups is 1. The van der Waals surface area contributed by atoms with Gasteiger partial charge in [-0.05, 0) is 37.6 Å². The maximum absolute atomic E-state index is 6.05. The summed E-state index contributed by atoms with van der Waals surface area (Å²) in [7, 11) is 0. The molecule has 27 heavy (non-hydrogen) atoms. The second-order valence-electron chi connectivity index (χ2n) is 6.42. The van der Waals surface area contributed by atoms with Crippen LogP contribution in [0, 0.1) is 13.8 Å². The van der Waals surface area contributed by atoms with E-state index in [-0.39, 0.29) is 0 Å². The first-order chi connectivity index (χ1) is 13.1. The minimum absolute atomic E-state index is 0.311. The number of benzene rings is 2. The van der Waals surface area contributed by atoms with Crippen LogP contribution in [0.25, 0.3) is 0 Å². The van der Waals surface area contributed by atoms with Gasteiger partial charge in [0, 0.05) is 23.5 Å². The first-order valence-corrected chi connectivity index (χ1v) is 8.75. The van der Waals surface area contributed by atoms with Crippen molar-refractivity contribution < 1.29 is 9.57 Å². The molecule has 3 aromatic rings. The van der Waals surface area contributed by atoms with Gasteiger partial charge in [0.1, 0.15) is 19.0 Å². The van der Waals surface area contributed by atoms with Gasteiger partial charge in [0.15, 0.2) is 5.84 Å². The zero-order valence-electron chi connectivity index (χ0n) is 15.6. The Balaban J connectivity index is 1.60. The van der Waals surface area contributed by atoms with E-state index in [4.69, 9.17) is 15.3 Å². The average Bonchev–Trinajstić information content (AvgIpc) is 2.66. The molecule has 0 amide bonds. The van der Waals surface area contributed by atoms with Gasteiger partial charge >= 0.3 is 0 Å². The lowest BCUT2D eigenvalue weighted by molar-refractivity contribution is 0.130. The fourth-order valence-corrected chi connectivity index (χ4v) is 2.78. The molecule has 2 N–H and O–H groups in total. The average molecular weight is 361 g/mol. The van der Waals surface area contributed by atoms with Crippen LogP contribution in [0.4, 0.5) is 0 Å². The highest BCUT2D eigenvalue weighted by Crippen LogP contribution is 2.15. The Labute approximate surface area is 159 Å². The van der Waals surface area contributed by atoms with Crippen LogP contribution in [0.1, 0.15) is 27.8 Å². The van der Waals surface area contributed by atoms with Gasteiger partial charge in [-0.1, -0.05) is 52.7 Å². The van der Waals surface area contributed by atoms with Gasteiger partial charge in [0.25, 0.3) is 0 Å². The zero-order valence-corrected chi connectivity index (χ0v) is 15.6. The minimum atomic E-state index is 0.311. The van der Waals surface area contributed by atoms with Crippen molar-refractivity contribution in [1.82, 2.24) is 4.98 Å². The van der Waals surface area contributed by atoms with E-state index in [1.807, 2.05) is 36.4 Å². The van der Waals surface area contributed by atoms with E-state index in [2.05, 4.69) is 42.2 Å². The van der Waals surface area contributed by atoms with E-state index in [0.29, 0.717) is 24.8 Å². The molecule has 1 aromatic heterocycles. The number of hydrogen-bond acceptors (Lipinski definition) is 4. The molecule has 2 aromatic carbocycles. The largest absolute Gasteiger partial charge is 0.489 e. The third-order valence-electron chi connectivity index (χ3n) is 3.93. The molecule has 0 atom stereocenters. The molecule has 0 bridgehead atoms. The van der Waals surface area contributed by atoms with E-state index >= 15 is 0 Å². The fraction of sp³-hybridized carbons (Fsp3) is 0.182. The van der Waals surface area contributed by atoms with Crippen molar-refractivity contribution in [2.24, 2.45) is 10.9 Å². The standard InChI is InChI=1S/C22H23N3O2/c1-16-9-17(2)11-19(10-16)15-27-25-22(23)20-6-3-7-21(12-20)26-14-18-5-4-8-24-13-18/h3-13H,14-15H2,1-2H3,(H2,23,25). The Kier molecular flexibility index (Phi) is 6.05. The Bertz CT molecular complexity index is 904. The van der Waals surface area contributed by atoms with E-state index in [0.717, 1.165) is 16.7 Å². The predicted octanol–water partition coefficient (Wildman–Crippen LogP) is 4.11. The van der Waals surface area contributed by atoms with Crippen LogP contribution in [0.2, 0.25) is 0 Å². The van der Waals surface area contributed by atoms with Gasteiger partial charge in [-0.25, -0.2) is 0 Å². The molecule has 0 saturated heterocycles. The van der Waals surface area contributed by atoms with Crippen molar-refractivity contribution in [2.45, 2.75) is 27.1 Å². The highest BCUT2D eigenvalue weighted by molar-refractivity contribution is 5.97. The molecule has 1 heterocycles. The van der Waals surface area contributed by atoms with Crippen molar-refractivity contribution in [2.75, 3.05) is 0 Å². The van der Waals surface area contributed by atoms with Crippen molar-refractivity contribution in [3.63, 3.8) is 0 Å². The van der Waals surface area contributed by atoms with Crippen molar-refractivity contribution in [3.05, 3.63) is 94.8 Å². The Hall–Kier alpha value is -3.34. The van der Waals surface area contributed by atoms with Gasteiger partial charge < -0.3 is 15.3 Å². The zero-order chi connectivity index (χ0) is 19.1. The molecule has 0 aliphatic heterocycles. The Morgan fingerprint density at radius 3 is 2.52 bits per heavy atom.